The molecule has 0 fully saturated rings. The molecule has 0 saturated heterocycles. The van der Waals surface area contributed by atoms with Crippen molar-refractivity contribution in [1.82, 2.24) is 4.98 Å². The average Bonchev–Trinajstić information content (AvgIpc) is 2.59. The zero-order valence-corrected chi connectivity index (χ0v) is 16.6. The van der Waals surface area contributed by atoms with Crippen LogP contribution in [0, 0.1) is 7.14 Å². The molecule has 0 radical (unpaired) electrons. The Kier molecular flexibility index (Phi) is 5.67. The number of carbonyl (C=O) groups excluding carboxylic acids is 1. The molecule has 24 heavy (non-hydrogen) atoms. The topological polar surface area (TPSA) is 48.4 Å². The van der Waals surface area contributed by atoms with Gasteiger partial charge in [0.1, 0.15) is 17.1 Å². The number of aldehydes is 1. The van der Waals surface area contributed by atoms with E-state index in [1.807, 2.05) is 48.5 Å². The number of hydrogen-bond acceptors (Lipinski definition) is 4. The zero-order valence-electron chi connectivity index (χ0n) is 12.3. The van der Waals surface area contributed by atoms with Crippen LogP contribution in [0.1, 0.15) is 10.4 Å². The van der Waals surface area contributed by atoms with Gasteiger partial charge in [0.15, 0.2) is 17.8 Å². The molecule has 1 aromatic heterocycles. The Hall–Kier alpha value is -1.68. The highest BCUT2D eigenvalue weighted by Gasteiger charge is 2.13. The summed E-state index contributed by atoms with van der Waals surface area (Å²) in [5.41, 5.74) is 0.321. The summed E-state index contributed by atoms with van der Waals surface area (Å²) >= 11 is 4.43. The maximum Gasteiger partial charge on any atom is 0.159 e. The first kappa shape index (κ1) is 17.2. The Morgan fingerprint density at radius 3 is 1.54 bits per heavy atom. The van der Waals surface area contributed by atoms with Crippen LogP contribution in [0.5, 0.6) is 23.0 Å². The lowest BCUT2D eigenvalue weighted by Gasteiger charge is -2.12. The van der Waals surface area contributed by atoms with Crippen molar-refractivity contribution in [2.45, 2.75) is 0 Å². The molecule has 0 aliphatic heterocycles. The van der Waals surface area contributed by atoms with Crippen LogP contribution >= 0.6 is 45.2 Å². The first-order valence-corrected chi connectivity index (χ1v) is 9.11. The van der Waals surface area contributed by atoms with Crippen molar-refractivity contribution >= 4 is 51.5 Å². The maximum atomic E-state index is 11.5. The van der Waals surface area contributed by atoms with Gasteiger partial charge in [-0.1, -0.05) is 0 Å². The normalized spacial score (nSPS) is 10.2. The van der Waals surface area contributed by atoms with E-state index in [-0.39, 0.29) is 0 Å². The molecular weight excluding hydrogens is 532 g/mol. The summed E-state index contributed by atoms with van der Waals surface area (Å²) in [6, 6.07) is 15.1. The fourth-order valence-corrected chi connectivity index (χ4v) is 2.69. The second-order valence-corrected chi connectivity index (χ2v) is 7.27. The van der Waals surface area contributed by atoms with E-state index in [1.54, 1.807) is 0 Å². The number of hydrogen-bond donors (Lipinski definition) is 0. The molecule has 0 aliphatic carbocycles. The van der Waals surface area contributed by atoms with Crippen molar-refractivity contribution in [3.05, 3.63) is 73.6 Å². The summed E-state index contributed by atoms with van der Waals surface area (Å²) in [4.78, 5) is 15.7. The van der Waals surface area contributed by atoms with E-state index in [9.17, 15) is 4.79 Å². The van der Waals surface area contributed by atoms with Gasteiger partial charge in [-0.15, -0.1) is 0 Å². The summed E-state index contributed by atoms with van der Waals surface area (Å²) in [7, 11) is 0. The minimum Gasteiger partial charge on any atom is -0.455 e. The van der Waals surface area contributed by atoms with E-state index < -0.39 is 0 Å². The summed E-state index contributed by atoms with van der Waals surface area (Å²) in [6.07, 6.45) is 3.72. The Labute approximate surface area is 166 Å². The molecule has 0 aliphatic rings. The first-order chi connectivity index (χ1) is 11.7. The van der Waals surface area contributed by atoms with Gasteiger partial charge in [-0.05, 0) is 93.7 Å². The Morgan fingerprint density at radius 1 is 0.750 bits per heavy atom. The van der Waals surface area contributed by atoms with Crippen LogP contribution in [-0.2, 0) is 0 Å². The van der Waals surface area contributed by atoms with Crippen molar-refractivity contribution in [2.24, 2.45) is 0 Å². The standard InChI is InChI=1S/C18H11I2NO3/c19-12-1-5-14(6-2-12)23-17-9-21-10-18(16(17)11-22)24-15-7-3-13(20)4-8-15/h1-11H. The molecule has 0 spiro atoms. The summed E-state index contributed by atoms with van der Waals surface area (Å²) in [5, 5.41) is 0. The van der Waals surface area contributed by atoms with Crippen molar-refractivity contribution < 1.29 is 14.3 Å². The van der Waals surface area contributed by atoms with E-state index in [0.29, 0.717) is 34.8 Å². The third kappa shape index (κ3) is 4.23. The number of nitrogens with zero attached hydrogens (tertiary/aromatic N) is 1. The van der Waals surface area contributed by atoms with E-state index in [0.717, 1.165) is 7.14 Å². The molecular formula is C18H11I2NO3. The van der Waals surface area contributed by atoms with Crippen LogP contribution in [-0.4, -0.2) is 11.3 Å². The monoisotopic (exact) mass is 543 g/mol. The van der Waals surface area contributed by atoms with Gasteiger partial charge in [0.2, 0.25) is 0 Å². The highest BCUT2D eigenvalue weighted by Crippen LogP contribution is 2.32. The summed E-state index contributed by atoms with van der Waals surface area (Å²) in [6.45, 7) is 0. The van der Waals surface area contributed by atoms with Crippen molar-refractivity contribution in [2.75, 3.05) is 0 Å². The molecule has 0 unspecified atom stereocenters. The molecule has 3 rings (SSSR count). The molecule has 6 heteroatoms. The smallest absolute Gasteiger partial charge is 0.159 e. The number of pyridine rings is 1. The molecule has 2 aromatic carbocycles. The van der Waals surface area contributed by atoms with E-state index >= 15 is 0 Å². The molecule has 0 saturated carbocycles. The van der Waals surface area contributed by atoms with Crippen LogP contribution < -0.4 is 9.47 Å². The highest BCUT2D eigenvalue weighted by atomic mass is 127. The molecule has 3 aromatic rings. The van der Waals surface area contributed by atoms with E-state index in [1.165, 1.54) is 12.4 Å². The third-order valence-electron chi connectivity index (χ3n) is 3.12. The molecule has 120 valence electrons. The first-order valence-electron chi connectivity index (χ1n) is 6.96. The fourth-order valence-electron chi connectivity index (χ4n) is 1.97. The molecule has 0 amide bonds. The Bertz CT molecular complexity index is 783. The van der Waals surface area contributed by atoms with Gasteiger partial charge in [-0.2, -0.15) is 0 Å². The van der Waals surface area contributed by atoms with E-state index in [4.69, 9.17) is 9.47 Å². The van der Waals surface area contributed by atoms with Crippen molar-refractivity contribution in [3.63, 3.8) is 0 Å². The summed E-state index contributed by atoms with van der Waals surface area (Å²) < 4.78 is 13.8. The van der Waals surface area contributed by atoms with Crippen LogP contribution in [0.25, 0.3) is 0 Å². The van der Waals surface area contributed by atoms with Gasteiger partial charge >= 0.3 is 0 Å². The quantitative estimate of drug-likeness (QED) is 0.307. The van der Waals surface area contributed by atoms with Crippen LogP contribution in [0.15, 0.2) is 60.9 Å². The van der Waals surface area contributed by atoms with Gasteiger partial charge in [0.05, 0.1) is 12.4 Å². The lowest BCUT2D eigenvalue weighted by atomic mass is 10.2. The molecule has 0 atom stereocenters. The predicted octanol–water partition coefficient (Wildman–Crippen LogP) is 5.69. The van der Waals surface area contributed by atoms with Crippen molar-refractivity contribution in [3.8, 4) is 23.0 Å². The van der Waals surface area contributed by atoms with Gasteiger partial charge in [-0.25, -0.2) is 0 Å². The number of ether oxygens (including phenoxy) is 2. The van der Waals surface area contributed by atoms with Gasteiger partial charge < -0.3 is 9.47 Å². The Balaban J connectivity index is 1.89. The van der Waals surface area contributed by atoms with Crippen LogP contribution in [0.4, 0.5) is 0 Å². The van der Waals surface area contributed by atoms with Crippen LogP contribution in [0.3, 0.4) is 0 Å². The molecule has 0 N–H and O–H groups in total. The number of aromatic nitrogens is 1. The minimum atomic E-state index is 0.321. The van der Waals surface area contributed by atoms with Crippen molar-refractivity contribution in [1.29, 1.82) is 0 Å². The van der Waals surface area contributed by atoms with Crippen LogP contribution in [0.2, 0.25) is 0 Å². The largest absolute Gasteiger partial charge is 0.455 e. The SMILES string of the molecule is O=Cc1c(Oc2ccc(I)cc2)cncc1Oc1ccc(I)cc1. The maximum absolute atomic E-state index is 11.5. The summed E-state index contributed by atoms with van der Waals surface area (Å²) in [5.74, 6) is 1.97. The average molecular weight is 543 g/mol. The molecule has 0 bridgehead atoms. The number of halogens is 2. The van der Waals surface area contributed by atoms with Gasteiger partial charge in [-0.3, -0.25) is 9.78 Å². The number of rotatable bonds is 5. The second-order valence-electron chi connectivity index (χ2n) is 4.78. The third-order valence-corrected chi connectivity index (χ3v) is 4.55. The highest BCUT2D eigenvalue weighted by molar-refractivity contribution is 14.1. The molecule has 4 nitrogen and oxygen atoms in total. The fraction of sp³-hybridized carbons (Fsp3) is 0. The van der Waals surface area contributed by atoms with Gasteiger partial charge in [0, 0.05) is 7.14 Å². The number of carbonyl (C=O) groups is 1. The Morgan fingerprint density at radius 2 is 1.17 bits per heavy atom. The predicted molar refractivity (Wildman–Crippen MR) is 108 cm³/mol. The van der Waals surface area contributed by atoms with Gasteiger partial charge in [0.25, 0.3) is 0 Å². The lowest BCUT2D eigenvalue weighted by molar-refractivity contribution is 0.111. The lowest BCUT2D eigenvalue weighted by Crippen LogP contribution is -1.96. The minimum absolute atomic E-state index is 0.321. The zero-order chi connectivity index (χ0) is 16.9. The number of benzene rings is 2. The second kappa shape index (κ2) is 7.93. The molecule has 1 heterocycles. The van der Waals surface area contributed by atoms with E-state index in [2.05, 4.69) is 50.2 Å².